The highest BCUT2D eigenvalue weighted by atomic mass is 16.5. The molecule has 4 rings (SSSR count). The molecule has 0 spiro atoms. The topological polar surface area (TPSA) is 51.5 Å². The van der Waals surface area contributed by atoms with E-state index in [1.807, 2.05) is 73.7 Å². The molecule has 1 heterocycles. The van der Waals surface area contributed by atoms with E-state index in [1.165, 1.54) is 0 Å². The molecule has 4 nitrogen and oxygen atoms in total. The molecule has 1 aromatic heterocycles. The standard InChI is InChI=1S/C25H21NO3/c1-18-11-16-23(26(18)21-14-12-20(13-15-21)25(27)28)22-9-5-6-10-24(22)29-17-19-7-3-2-4-8-19/h2-16H,17H2,1H3,(H,27,28). The van der Waals surface area contributed by atoms with Crippen molar-refractivity contribution in [3.8, 4) is 22.7 Å². The zero-order valence-corrected chi connectivity index (χ0v) is 16.1. The van der Waals surface area contributed by atoms with E-state index in [1.54, 1.807) is 12.1 Å². The van der Waals surface area contributed by atoms with Crippen LogP contribution in [-0.4, -0.2) is 15.6 Å². The second-order valence-corrected chi connectivity index (χ2v) is 6.82. The number of carboxylic acids is 1. The molecule has 0 bridgehead atoms. The number of aryl methyl sites for hydroxylation is 1. The van der Waals surface area contributed by atoms with Gasteiger partial charge < -0.3 is 14.4 Å². The van der Waals surface area contributed by atoms with Gasteiger partial charge in [0.1, 0.15) is 12.4 Å². The summed E-state index contributed by atoms with van der Waals surface area (Å²) in [5, 5.41) is 9.16. The normalized spacial score (nSPS) is 10.7. The highest BCUT2D eigenvalue weighted by Gasteiger charge is 2.14. The number of hydrogen-bond donors (Lipinski definition) is 1. The quantitative estimate of drug-likeness (QED) is 0.463. The molecule has 1 N–H and O–H groups in total. The Hall–Kier alpha value is -3.79. The molecular formula is C25H21NO3. The van der Waals surface area contributed by atoms with Gasteiger partial charge in [-0.25, -0.2) is 4.79 Å². The third kappa shape index (κ3) is 3.92. The first-order chi connectivity index (χ1) is 14.1. The molecule has 144 valence electrons. The number of aromatic carboxylic acids is 1. The molecule has 0 aliphatic carbocycles. The third-order valence-corrected chi connectivity index (χ3v) is 4.85. The van der Waals surface area contributed by atoms with E-state index in [0.717, 1.165) is 34.0 Å². The number of para-hydroxylation sites is 1. The molecule has 0 amide bonds. The van der Waals surface area contributed by atoms with Crippen LogP contribution in [0.2, 0.25) is 0 Å². The number of carboxylic acid groups (broad SMARTS) is 1. The van der Waals surface area contributed by atoms with E-state index in [4.69, 9.17) is 9.84 Å². The fraction of sp³-hybridized carbons (Fsp3) is 0.0800. The number of ether oxygens (including phenoxy) is 1. The van der Waals surface area contributed by atoms with Crippen molar-refractivity contribution in [2.75, 3.05) is 0 Å². The summed E-state index contributed by atoms with van der Waals surface area (Å²) in [6, 6.07) is 29.0. The summed E-state index contributed by atoms with van der Waals surface area (Å²) in [5.41, 5.74) is 5.32. The molecule has 0 saturated carbocycles. The van der Waals surface area contributed by atoms with Crippen LogP contribution < -0.4 is 4.74 Å². The lowest BCUT2D eigenvalue weighted by Gasteiger charge is -2.16. The Morgan fingerprint density at radius 2 is 1.55 bits per heavy atom. The van der Waals surface area contributed by atoms with E-state index in [-0.39, 0.29) is 5.56 Å². The number of rotatable bonds is 6. The molecule has 0 fully saturated rings. The number of benzene rings is 3. The maximum Gasteiger partial charge on any atom is 0.335 e. The maximum absolute atomic E-state index is 11.2. The average molecular weight is 383 g/mol. The van der Waals surface area contributed by atoms with Crippen LogP contribution in [0.1, 0.15) is 21.6 Å². The lowest BCUT2D eigenvalue weighted by atomic mass is 10.1. The fourth-order valence-electron chi connectivity index (χ4n) is 3.38. The molecule has 4 heteroatoms. The van der Waals surface area contributed by atoms with E-state index < -0.39 is 5.97 Å². The zero-order chi connectivity index (χ0) is 20.2. The molecule has 0 unspecified atom stereocenters. The second kappa shape index (κ2) is 8.07. The number of nitrogens with zero attached hydrogens (tertiary/aromatic N) is 1. The van der Waals surface area contributed by atoms with Gasteiger partial charge in [-0.15, -0.1) is 0 Å². The summed E-state index contributed by atoms with van der Waals surface area (Å²) in [4.78, 5) is 11.2. The Morgan fingerprint density at radius 3 is 2.28 bits per heavy atom. The van der Waals surface area contributed by atoms with Crippen LogP contribution in [0.5, 0.6) is 5.75 Å². The van der Waals surface area contributed by atoms with Crippen LogP contribution in [0.3, 0.4) is 0 Å². The molecule has 0 aliphatic heterocycles. The summed E-state index contributed by atoms with van der Waals surface area (Å²) in [6.45, 7) is 2.52. The minimum atomic E-state index is -0.930. The summed E-state index contributed by atoms with van der Waals surface area (Å²) < 4.78 is 8.24. The minimum Gasteiger partial charge on any atom is -0.488 e. The second-order valence-electron chi connectivity index (χ2n) is 6.82. The number of carbonyl (C=O) groups is 1. The van der Waals surface area contributed by atoms with E-state index in [2.05, 4.69) is 16.7 Å². The van der Waals surface area contributed by atoms with Gasteiger partial charge in [0, 0.05) is 16.9 Å². The van der Waals surface area contributed by atoms with Crippen molar-refractivity contribution in [1.29, 1.82) is 0 Å². The molecule has 0 aliphatic rings. The minimum absolute atomic E-state index is 0.270. The van der Waals surface area contributed by atoms with Gasteiger partial charge in [-0.2, -0.15) is 0 Å². The third-order valence-electron chi connectivity index (χ3n) is 4.85. The Kier molecular flexibility index (Phi) is 5.16. The SMILES string of the molecule is Cc1ccc(-c2ccccc2OCc2ccccc2)n1-c1ccc(C(=O)O)cc1. The first kappa shape index (κ1) is 18.6. The largest absolute Gasteiger partial charge is 0.488 e. The lowest BCUT2D eigenvalue weighted by molar-refractivity contribution is 0.0697. The van der Waals surface area contributed by atoms with Gasteiger partial charge in [-0.1, -0.05) is 42.5 Å². The highest BCUT2D eigenvalue weighted by Crippen LogP contribution is 2.33. The number of hydrogen-bond acceptors (Lipinski definition) is 2. The maximum atomic E-state index is 11.2. The summed E-state index contributed by atoms with van der Waals surface area (Å²) >= 11 is 0. The Labute approximate surface area is 169 Å². The van der Waals surface area contributed by atoms with Crippen molar-refractivity contribution >= 4 is 5.97 Å². The van der Waals surface area contributed by atoms with Gasteiger partial charge in [-0.3, -0.25) is 0 Å². The highest BCUT2D eigenvalue weighted by molar-refractivity contribution is 5.87. The summed E-state index contributed by atoms with van der Waals surface area (Å²) in [7, 11) is 0. The molecule has 0 radical (unpaired) electrons. The monoisotopic (exact) mass is 383 g/mol. The van der Waals surface area contributed by atoms with E-state index in [9.17, 15) is 4.79 Å². The van der Waals surface area contributed by atoms with Crippen LogP contribution in [0, 0.1) is 6.92 Å². The predicted octanol–water partition coefficient (Wildman–Crippen LogP) is 5.73. The molecule has 0 saturated heterocycles. The van der Waals surface area contributed by atoms with Crippen molar-refractivity contribution in [2.45, 2.75) is 13.5 Å². The predicted molar refractivity (Wildman–Crippen MR) is 114 cm³/mol. The van der Waals surface area contributed by atoms with E-state index >= 15 is 0 Å². The first-order valence-corrected chi connectivity index (χ1v) is 9.41. The van der Waals surface area contributed by atoms with Gasteiger partial charge in [0.05, 0.1) is 11.3 Å². The Morgan fingerprint density at radius 1 is 0.862 bits per heavy atom. The fourth-order valence-corrected chi connectivity index (χ4v) is 3.38. The summed E-state index contributed by atoms with van der Waals surface area (Å²) in [5.74, 6) is -0.126. The van der Waals surface area contributed by atoms with E-state index in [0.29, 0.717) is 6.61 Å². The molecule has 4 aromatic rings. The molecule has 3 aromatic carbocycles. The van der Waals surface area contributed by atoms with Gasteiger partial charge in [0.25, 0.3) is 0 Å². The average Bonchev–Trinajstić information content (AvgIpc) is 3.14. The van der Waals surface area contributed by atoms with Crippen molar-refractivity contribution in [1.82, 2.24) is 4.57 Å². The van der Waals surface area contributed by atoms with Crippen molar-refractivity contribution < 1.29 is 14.6 Å². The lowest BCUT2D eigenvalue weighted by Crippen LogP contribution is -2.03. The molecular weight excluding hydrogens is 362 g/mol. The Bertz CT molecular complexity index is 1130. The smallest absolute Gasteiger partial charge is 0.335 e. The molecule has 0 atom stereocenters. The zero-order valence-electron chi connectivity index (χ0n) is 16.1. The molecule has 29 heavy (non-hydrogen) atoms. The Balaban J connectivity index is 1.70. The van der Waals surface area contributed by atoms with Gasteiger partial charge in [-0.05, 0) is 61.0 Å². The van der Waals surface area contributed by atoms with Crippen LogP contribution >= 0.6 is 0 Å². The van der Waals surface area contributed by atoms with Gasteiger partial charge in [0.15, 0.2) is 0 Å². The van der Waals surface area contributed by atoms with Crippen LogP contribution in [0.15, 0.2) is 91.0 Å². The van der Waals surface area contributed by atoms with Crippen molar-refractivity contribution in [3.63, 3.8) is 0 Å². The van der Waals surface area contributed by atoms with Crippen molar-refractivity contribution in [2.24, 2.45) is 0 Å². The van der Waals surface area contributed by atoms with Crippen LogP contribution in [0.25, 0.3) is 16.9 Å². The number of aromatic nitrogens is 1. The van der Waals surface area contributed by atoms with Gasteiger partial charge >= 0.3 is 5.97 Å². The first-order valence-electron chi connectivity index (χ1n) is 9.41. The van der Waals surface area contributed by atoms with Crippen LogP contribution in [0.4, 0.5) is 0 Å². The van der Waals surface area contributed by atoms with Gasteiger partial charge in [0.2, 0.25) is 0 Å². The van der Waals surface area contributed by atoms with Crippen molar-refractivity contribution in [3.05, 3.63) is 108 Å². The summed E-state index contributed by atoms with van der Waals surface area (Å²) in [6.07, 6.45) is 0. The van der Waals surface area contributed by atoms with Crippen LogP contribution in [-0.2, 0) is 6.61 Å².